The number of hydrogen-bond donors (Lipinski definition) is 2. The fourth-order valence-corrected chi connectivity index (χ4v) is 1.54. The van der Waals surface area contributed by atoms with E-state index in [1.807, 2.05) is 6.92 Å². The summed E-state index contributed by atoms with van der Waals surface area (Å²) >= 11 is 0. The zero-order valence-corrected chi connectivity index (χ0v) is 8.50. The van der Waals surface area contributed by atoms with Gasteiger partial charge in [0.1, 0.15) is 11.3 Å². The van der Waals surface area contributed by atoms with Crippen LogP contribution in [0.5, 0.6) is 5.75 Å². The van der Waals surface area contributed by atoms with Crippen molar-refractivity contribution in [2.45, 2.75) is 6.92 Å². The lowest BCUT2D eigenvalue weighted by Gasteiger charge is -1.94. The molecule has 0 saturated carbocycles. The number of carbonyl (C=O) groups excluding carboxylic acids is 1. The molecule has 0 atom stereocenters. The highest BCUT2D eigenvalue weighted by atomic mass is 16.3. The number of rotatable bonds is 1. The van der Waals surface area contributed by atoms with Gasteiger partial charge in [0.15, 0.2) is 5.76 Å². The Bertz CT molecular complexity index is 528. The van der Waals surface area contributed by atoms with E-state index in [0.717, 1.165) is 10.9 Å². The van der Waals surface area contributed by atoms with Crippen LogP contribution in [0.25, 0.3) is 11.0 Å². The van der Waals surface area contributed by atoms with E-state index in [1.165, 1.54) is 6.07 Å². The largest absolute Gasteiger partial charge is 0.508 e. The van der Waals surface area contributed by atoms with Crippen LogP contribution in [-0.2, 0) is 0 Å². The molecule has 1 amide bonds. The second-order valence-electron chi connectivity index (χ2n) is 3.32. The Kier molecular flexibility index (Phi) is 2.11. The Morgan fingerprint density at radius 1 is 1.47 bits per heavy atom. The van der Waals surface area contributed by atoms with Crippen LogP contribution in [0.1, 0.15) is 16.1 Å². The van der Waals surface area contributed by atoms with Crippen molar-refractivity contribution in [1.82, 2.24) is 5.32 Å². The summed E-state index contributed by atoms with van der Waals surface area (Å²) < 4.78 is 5.36. The monoisotopic (exact) mass is 205 g/mol. The van der Waals surface area contributed by atoms with Crippen LogP contribution in [0.2, 0.25) is 0 Å². The molecule has 0 unspecified atom stereocenters. The molecule has 2 N–H and O–H groups in total. The minimum absolute atomic E-state index is 0.125. The van der Waals surface area contributed by atoms with Gasteiger partial charge in [0.2, 0.25) is 0 Å². The van der Waals surface area contributed by atoms with E-state index in [-0.39, 0.29) is 17.4 Å². The van der Waals surface area contributed by atoms with Gasteiger partial charge in [0.05, 0.1) is 0 Å². The molecule has 0 spiro atoms. The van der Waals surface area contributed by atoms with Crippen molar-refractivity contribution >= 4 is 16.9 Å². The van der Waals surface area contributed by atoms with Crippen molar-refractivity contribution in [3.8, 4) is 5.75 Å². The summed E-state index contributed by atoms with van der Waals surface area (Å²) in [7, 11) is 1.55. The van der Waals surface area contributed by atoms with Crippen molar-refractivity contribution in [2.24, 2.45) is 0 Å². The van der Waals surface area contributed by atoms with Crippen LogP contribution in [0.3, 0.4) is 0 Å². The van der Waals surface area contributed by atoms with Gasteiger partial charge in [-0.25, -0.2) is 0 Å². The van der Waals surface area contributed by atoms with Crippen molar-refractivity contribution in [2.75, 3.05) is 7.05 Å². The van der Waals surface area contributed by atoms with Gasteiger partial charge in [-0.2, -0.15) is 0 Å². The summed E-state index contributed by atoms with van der Waals surface area (Å²) in [4.78, 5) is 11.4. The van der Waals surface area contributed by atoms with Crippen LogP contribution >= 0.6 is 0 Å². The Balaban J connectivity index is 2.69. The molecule has 2 aromatic rings. The van der Waals surface area contributed by atoms with E-state index >= 15 is 0 Å². The van der Waals surface area contributed by atoms with Crippen molar-refractivity contribution in [3.05, 3.63) is 29.5 Å². The molecule has 4 heteroatoms. The summed E-state index contributed by atoms with van der Waals surface area (Å²) in [5.41, 5.74) is 1.30. The molecule has 15 heavy (non-hydrogen) atoms. The van der Waals surface area contributed by atoms with E-state index in [2.05, 4.69) is 5.32 Å². The molecule has 0 bridgehead atoms. The van der Waals surface area contributed by atoms with E-state index < -0.39 is 0 Å². The number of hydrogen-bond acceptors (Lipinski definition) is 3. The lowest BCUT2D eigenvalue weighted by atomic mass is 10.1. The maximum Gasteiger partial charge on any atom is 0.287 e. The number of furan rings is 1. The van der Waals surface area contributed by atoms with Crippen molar-refractivity contribution in [1.29, 1.82) is 0 Å². The molecule has 0 aliphatic rings. The van der Waals surface area contributed by atoms with Gasteiger partial charge in [0, 0.05) is 24.1 Å². The Labute approximate surface area is 86.5 Å². The first-order valence-corrected chi connectivity index (χ1v) is 4.57. The first-order valence-electron chi connectivity index (χ1n) is 4.57. The van der Waals surface area contributed by atoms with Crippen molar-refractivity contribution in [3.63, 3.8) is 0 Å². The van der Waals surface area contributed by atoms with Gasteiger partial charge >= 0.3 is 0 Å². The van der Waals surface area contributed by atoms with Crippen LogP contribution in [0, 0.1) is 6.92 Å². The number of benzene rings is 1. The summed E-state index contributed by atoms with van der Waals surface area (Å²) in [6, 6.07) is 4.79. The second-order valence-corrected chi connectivity index (χ2v) is 3.32. The first-order chi connectivity index (χ1) is 7.13. The summed E-state index contributed by atoms with van der Waals surface area (Å²) in [5.74, 6) is 0.154. The number of aryl methyl sites for hydroxylation is 1. The maximum absolute atomic E-state index is 11.4. The molecular formula is C11H11NO3. The average Bonchev–Trinajstić information content (AvgIpc) is 2.54. The van der Waals surface area contributed by atoms with Crippen LogP contribution in [-0.4, -0.2) is 18.1 Å². The number of phenols is 1. The minimum atomic E-state index is -0.261. The van der Waals surface area contributed by atoms with Gasteiger partial charge in [-0.3, -0.25) is 4.79 Å². The summed E-state index contributed by atoms with van der Waals surface area (Å²) in [6.07, 6.45) is 0. The number of phenolic OH excluding ortho intramolecular Hbond substituents is 1. The molecule has 1 aromatic heterocycles. The zero-order chi connectivity index (χ0) is 11.0. The van der Waals surface area contributed by atoms with Gasteiger partial charge in [-0.1, -0.05) is 0 Å². The number of fused-ring (bicyclic) bond motifs is 1. The van der Waals surface area contributed by atoms with Crippen LogP contribution < -0.4 is 5.32 Å². The van der Waals surface area contributed by atoms with E-state index in [9.17, 15) is 9.90 Å². The molecule has 78 valence electrons. The molecule has 1 aromatic carbocycles. The molecule has 0 aliphatic heterocycles. The smallest absolute Gasteiger partial charge is 0.287 e. The number of nitrogens with one attached hydrogen (secondary N) is 1. The Hall–Kier alpha value is -1.97. The third kappa shape index (κ3) is 1.44. The predicted octanol–water partition coefficient (Wildman–Crippen LogP) is 1.81. The van der Waals surface area contributed by atoms with Crippen LogP contribution in [0.15, 0.2) is 22.6 Å². The number of aromatic hydroxyl groups is 1. The lowest BCUT2D eigenvalue weighted by Crippen LogP contribution is -2.17. The fourth-order valence-electron chi connectivity index (χ4n) is 1.54. The normalized spacial score (nSPS) is 10.5. The van der Waals surface area contributed by atoms with Gasteiger partial charge < -0.3 is 14.8 Å². The molecule has 0 radical (unpaired) electrons. The highest BCUT2D eigenvalue weighted by molar-refractivity contribution is 5.98. The lowest BCUT2D eigenvalue weighted by molar-refractivity contribution is 0.0937. The molecule has 1 heterocycles. The Morgan fingerprint density at radius 3 is 2.87 bits per heavy atom. The second kappa shape index (κ2) is 3.31. The van der Waals surface area contributed by atoms with E-state index in [0.29, 0.717) is 5.58 Å². The highest BCUT2D eigenvalue weighted by Crippen LogP contribution is 2.27. The molecule has 2 rings (SSSR count). The van der Waals surface area contributed by atoms with Gasteiger partial charge in [0.25, 0.3) is 5.91 Å². The zero-order valence-electron chi connectivity index (χ0n) is 8.50. The third-order valence-corrected chi connectivity index (χ3v) is 2.36. The highest BCUT2D eigenvalue weighted by Gasteiger charge is 2.16. The molecule has 4 nitrogen and oxygen atoms in total. The van der Waals surface area contributed by atoms with E-state index in [4.69, 9.17) is 4.42 Å². The third-order valence-electron chi connectivity index (χ3n) is 2.36. The quantitative estimate of drug-likeness (QED) is 0.746. The Morgan fingerprint density at radius 2 is 2.20 bits per heavy atom. The van der Waals surface area contributed by atoms with Gasteiger partial charge in [-0.15, -0.1) is 0 Å². The summed E-state index contributed by atoms with van der Waals surface area (Å²) in [6.45, 7) is 1.81. The van der Waals surface area contributed by atoms with E-state index in [1.54, 1.807) is 19.2 Å². The standard InChI is InChI=1S/C11H11NO3/c1-6-8-4-3-7(13)5-9(8)15-10(6)11(14)12-2/h3-5,13H,1-2H3,(H,12,14). The van der Waals surface area contributed by atoms with Crippen LogP contribution in [0.4, 0.5) is 0 Å². The molecular weight excluding hydrogens is 194 g/mol. The SMILES string of the molecule is CNC(=O)c1oc2cc(O)ccc2c1C. The average molecular weight is 205 g/mol. The fraction of sp³-hybridized carbons (Fsp3) is 0.182. The predicted molar refractivity (Wildman–Crippen MR) is 56.0 cm³/mol. The molecule has 0 saturated heterocycles. The molecule has 0 fully saturated rings. The van der Waals surface area contributed by atoms with Gasteiger partial charge in [-0.05, 0) is 19.1 Å². The minimum Gasteiger partial charge on any atom is -0.508 e. The topological polar surface area (TPSA) is 62.5 Å². The number of amides is 1. The summed E-state index contributed by atoms with van der Waals surface area (Å²) in [5, 5.41) is 12.6. The molecule has 0 aliphatic carbocycles. The maximum atomic E-state index is 11.4. The number of carbonyl (C=O) groups is 1. The first kappa shape index (κ1) is 9.58. The van der Waals surface area contributed by atoms with Crippen molar-refractivity contribution < 1.29 is 14.3 Å².